The number of fused-ring (bicyclic) bond motifs is 1. The molecule has 0 spiro atoms. The number of carboxylic acids is 1. The molecule has 6 heteroatoms. The molecule has 3 rings (SSSR count). The Morgan fingerprint density at radius 3 is 2.67 bits per heavy atom. The van der Waals surface area contributed by atoms with E-state index in [2.05, 4.69) is 30.7 Å². The molecule has 0 saturated carbocycles. The van der Waals surface area contributed by atoms with Crippen molar-refractivity contribution in [1.82, 2.24) is 0 Å². The third-order valence-electron chi connectivity index (χ3n) is 4.04. The molecule has 3 nitrogen and oxygen atoms in total. The Morgan fingerprint density at radius 2 is 1.96 bits per heavy atom. The number of benzene rings is 2. The van der Waals surface area contributed by atoms with Gasteiger partial charge >= 0.3 is 157 Å². The number of rotatable bonds is 5. The van der Waals surface area contributed by atoms with Crippen molar-refractivity contribution in [3.8, 4) is 5.75 Å². The van der Waals surface area contributed by atoms with Crippen molar-refractivity contribution in [2.75, 3.05) is 19.1 Å². The molecule has 1 heterocycles. The Kier molecular flexibility index (Phi) is 5.50. The summed E-state index contributed by atoms with van der Waals surface area (Å²) in [5.74, 6) is 0.107. The first-order chi connectivity index (χ1) is 11.6. The molecule has 1 aliphatic heterocycles. The fourth-order valence-corrected chi connectivity index (χ4v) is 6.88. The summed E-state index contributed by atoms with van der Waals surface area (Å²) >= 11 is 3.75. The molecular formula is C18H18O3S2Se. The Bertz CT molecular complexity index is 760. The van der Waals surface area contributed by atoms with Crippen molar-refractivity contribution in [3.63, 3.8) is 0 Å². The standard InChI is InChI=1S/C18H18O3S2Se/c1-22-18(23-2)9-10-21-16-14(18)7-4-8-15(16)24-13-6-3-5-12(11-13)17(19)20/h3-8,11H,9-10H2,1-2H3,(H,19,20). The van der Waals surface area contributed by atoms with Gasteiger partial charge in [-0.3, -0.25) is 0 Å². The first-order valence-electron chi connectivity index (χ1n) is 7.47. The van der Waals surface area contributed by atoms with E-state index in [0.29, 0.717) is 5.56 Å². The van der Waals surface area contributed by atoms with Gasteiger partial charge in [0.15, 0.2) is 0 Å². The van der Waals surface area contributed by atoms with Crippen molar-refractivity contribution in [2.24, 2.45) is 0 Å². The number of thioether (sulfide) groups is 2. The Labute approximate surface area is 156 Å². The van der Waals surface area contributed by atoms with Crippen LogP contribution >= 0.6 is 23.5 Å². The Morgan fingerprint density at radius 1 is 1.21 bits per heavy atom. The van der Waals surface area contributed by atoms with Crippen molar-refractivity contribution in [3.05, 3.63) is 53.6 Å². The molecule has 0 saturated heterocycles. The van der Waals surface area contributed by atoms with Gasteiger partial charge in [-0.15, -0.1) is 0 Å². The van der Waals surface area contributed by atoms with Gasteiger partial charge in [-0.2, -0.15) is 0 Å². The molecule has 1 aliphatic rings. The molecule has 0 bridgehead atoms. The summed E-state index contributed by atoms with van der Waals surface area (Å²) in [6, 6.07) is 13.5. The van der Waals surface area contributed by atoms with Gasteiger partial charge < -0.3 is 0 Å². The van der Waals surface area contributed by atoms with E-state index in [1.165, 1.54) is 10.0 Å². The van der Waals surface area contributed by atoms with E-state index in [1.807, 2.05) is 35.7 Å². The van der Waals surface area contributed by atoms with E-state index >= 15 is 0 Å². The fourth-order valence-electron chi connectivity index (χ4n) is 2.79. The first-order valence-corrected chi connectivity index (χ1v) is 11.6. The Balaban J connectivity index is 1.99. The predicted octanol–water partition coefficient (Wildman–Crippen LogP) is 2.70. The quantitative estimate of drug-likeness (QED) is 0.590. The van der Waals surface area contributed by atoms with Gasteiger partial charge in [-0.1, -0.05) is 0 Å². The molecule has 0 fully saturated rings. The zero-order valence-electron chi connectivity index (χ0n) is 13.4. The second-order valence-electron chi connectivity index (χ2n) is 5.33. The van der Waals surface area contributed by atoms with E-state index in [1.54, 1.807) is 12.1 Å². The van der Waals surface area contributed by atoms with Crippen LogP contribution < -0.4 is 13.7 Å². The van der Waals surface area contributed by atoms with Gasteiger partial charge in [0.05, 0.1) is 0 Å². The monoisotopic (exact) mass is 426 g/mol. The third-order valence-corrected chi connectivity index (χ3v) is 9.37. The molecule has 0 aromatic heterocycles. The first kappa shape index (κ1) is 17.7. The minimum absolute atomic E-state index is 0.0106. The average molecular weight is 425 g/mol. The van der Waals surface area contributed by atoms with Crippen molar-refractivity contribution >= 4 is 53.4 Å². The van der Waals surface area contributed by atoms with E-state index in [0.717, 1.165) is 23.2 Å². The van der Waals surface area contributed by atoms with Crippen molar-refractivity contribution in [1.29, 1.82) is 0 Å². The third kappa shape index (κ3) is 3.33. The summed E-state index contributed by atoms with van der Waals surface area (Å²) in [6.07, 6.45) is 5.30. The van der Waals surface area contributed by atoms with Crippen LogP contribution in [0, 0.1) is 0 Å². The van der Waals surface area contributed by atoms with Crippen LogP contribution in [-0.2, 0) is 4.08 Å². The topological polar surface area (TPSA) is 46.5 Å². The summed E-state index contributed by atoms with van der Waals surface area (Å²) in [6.45, 7) is 0.719. The van der Waals surface area contributed by atoms with Gasteiger partial charge in [0.25, 0.3) is 0 Å². The number of ether oxygens (including phenoxy) is 1. The average Bonchev–Trinajstić information content (AvgIpc) is 2.62. The number of carboxylic acid groups (broad SMARTS) is 1. The SMILES string of the molecule is CSC1(SC)CCOc2c([Se]c3cccc(C(=O)O)c3)cccc21. The van der Waals surface area contributed by atoms with Crippen LogP contribution in [0.15, 0.2) is 42.5 Å². The summed E-state index contributed by atoms with van der Waals surface area (Å²) in [5, 5.41) is 9.18. The molecule has 126 valence electrons. The second kappa shape index (κ2) is 7.44. The molecule has 0 unspecified atom stereocenters. The Hall–Kier alpha value is -1.07. The van der Waals surface area contributed by atoms with Crippen LogP contribution in [0.3, 0.4) is 0 Å². The molecule has 0 radical (unpaired) electrons. The van der Waals surface area contributed by atoms with Crippen LogP contribution in [0.4, 0.5) is 0 Å². The van der Waals surface area contributed by atoms with Gasteiger partial charge in [-0.25, -0.2) is 0 Å². The van der Waals surface area contributed by atoms with Crippen LogP contribution in [0.5, 0.6) is 5.75 Å². The number of hydrogen-bond acceptors (Lipinski definition) is 4. The normalized spacial score (nSPS) is 15.4. The fraction of sp³-hybridized carbons (Fsp3) is 0.278. The summed E-state index contributed by atoms with van der Waals surface area (Å²) < 4.78 is 8.30. The zero-order chi connectivity index (χ0) is 17.2. The number of carbonyl (C=O) groups is 1. The van der Waals surface area contributed by atoms with E-state index in [9.17, 15) is 9.90 Å². The number of para-hydroxylation sites is 1. The van der Waals surface area contributed by atoms with E-state index < -0.39 is 5.97 Å². The van der Waals surface area contributed by atoms with Crippen LogP contribution in [0.1, 0.15) is 22.3 Å². The molecule has 1 N–H and O–H groups in total. The van der Waals surface area contributed by atoms with Gasteiger partial charge in [0, 0.05) is 0 Å². The van der Waals surface area contributed by atoms with Gasteiger partial charge in [0.2, 0.25) is 0 Å². The summed E-state index contributed by atoms with van der Waals surface area (Å²) in [7, 11) is 0. The summed E-state index contributed by atoms with van der Waals surface area (Å²) in [5.41, 5.74) is 1.59. The molecule has 24 heavy (non-hydrogen) atoms. The summed E-state index contributed by atoms with van der Waals surface area (Å²) in [4.78, 5) is 11.2. The molecule has 2 aromatic carbocycles. The van der Waals surface area contributed by atoms with Crippen molar-refractivity contribution < 1.29 is 14.6 Å². The second-order valence-corrected chi connectivity index (χ2v) is 10.1. The molecule has 2 aromatic rings. The predicted molar refractivity (Wildman–Crippen MR) is 104 cm³/mol. The van der Waals surface area contributed by atoms with E-state index in [4.69, 9.17) is 4.74 Å². The van der Waals surface area contributed by atoms with Gasteiger partial charge in [0.1, 0.15) is 0 Å². The minimum atomic E-state index is -0.886. The van der Waals surface area contributed by atoms with Crippen LogP contribution in [0.25, 0.3) is 0 Å². The van der Waals surface area contributed by atoms with E-state index in [-0.39, 0.29) is 19.0 Å². The number of aromatic carboxylic acids is 1. The maximum absolute atomic E-state index is 11.2. The van der Waals surface area contributed by atoms with Crippen LogP contribution in [0.2, 0.25) is 0 Å². The molecule has 0 amide bonds. The molecule has 0 aliphatic carbocycles. The van der Waals surface area contributed by atoms with Crippen LogP contribution in [-0.4, -0.2) is 45.2 Å². The molecular weight excluding hydrogens is 407 g/mol. The van der Waals surface area contributed by atoms with Crippen molar-refractivity contribution in [2.45, 2.75) is 10.5 Å². The zero-order valence-corrected chi connectivity index (χ0v) is 16.8. The number of hydrogen-bond donors (Lipinski definition) is 1. The molecule has 0 atom stereocenters. The van der Waals surface area contributed by atoms with Gasteiger partial charge in [-0.05, 0) is 0 Å². The maximum atomic E-state index is 11.2.